The lowest BCUT2D eigenvalue weighted by Crippen LogP contribution is -2.20. The molecule has 0 amide bonds. The molecule has 0 spiro atoms. The van der Waals surface area contributed by atoms with Crippen LogP contribution in [-0.2, 0) is 13.1 Å². The first-order valence-corrected chi connectivity index (χ1v) is 7.72. The Labute approximate surface area is 139 Å². The molecule has 3 rings (SSSR count). The highest BCUT2D eigenvalue weighted by molar-refractivity contribution is 5.65. The Morgan fingerprint density at radius 2 is 2.04 bits per heavy atom. The summed E-state index contributed by atoms with van der Waals surface area (Å²) in [4.78, 5) is 4.23. The number of halogens is 2. The summed E-state index contributed by atoms with van der Waals surface area (Å²) in [6.07, 6.45) is 5.21. The lowest BCUT2D eigenvalue weighted by molar-refractivity contribution is 0.548. The van der Waals surface area contributed by atoms with E-state index in [4.69, 9.17) is 0 Å². The van der Waals surface area contributed by atoms with Gasteiger partial charge in [0.25, 0.3) is 0 Å². The Hall–Kier alpha value is -2.60. The van der Waals surface area contributed by atoms with Crippen molar-refractivity contribution in [3.05, 3.63) is 71.7 Å². The summed E-state index contributed by atoms with van der Waals surface area (Å²) in [6.45, 7) is 3.58. The van der Waals surface area contributed by atoms with Crippen LogP contribution in [0, 0.1) is 18.6 Å². The second-order valence-electron chi connectivity index (χ2n) is 5.59. The van der Waals surface area contributed by atoms with Gasteiger partial charge in [0.2, 0.25) is 0 Å². The standard InChI is InChI=1S/C18H18F2N4/c1-13-3-5-22-17(9-13)18-14(10-15(19)11-16(18)20)12-21-6-8-24-7-2-4-23-24/h2-5,7,9-11,21H,6,8,12H2,1H3. The molecule has 0 fully saturated rings. The van der Waals surface area contributed by atoms with Crippen molar-refractivity contribution in [2.75, 3.05) is 6.54 Å². The lowest BCUT2D eigenvalue weighted by atomic mass is 10.0. The monoisotopic (exact) mass is 328 g/mol. The molecule has 124 valence electrons. The van der Waals surface area contributed by atoms with Crippen molar-refractivity contribution < 1.29 is 8.78 Å². The number of hydrogen-bond donors (Lipinski definition) is 1. The number of nitrogens with one attached hydrogen (secondary N) is 1. The topological polar surface area (TPSA) is 42.7 Å². The lowest BCUT2D eigenvalue weighted by Gasteiger charge is -2.12. The van der Waals surface area contributed by atoms with Gasteiger partial charge in [-0.2, -0.15) is 5.10 Å². The van der Waals surface area contributed by atoms with Crippen LogP contribution in [0.25, 0.3) is 11.3 Å². The van der Waals surface area contributed by atoms with Gasteiger partial charge in [-0.25, -0.2) is 8.78 Å². The summed E-state index contributed by atoms with van der Waals surface area (Å²) in [5, 5.41) is 7.31. The molecule has 1 N–H and O–H groups in total. The molecule has 24 heavy (non-hydrogen) atoms. The largest absolute Gasteiger partial charge is 0.311 e. The van der Waals surface area contributed by atoms with Gasteiger partial charge in [0.1, 0.15) is 11.6 Å². The minimum atomic E-state index is -0.600. The summed E-state index contributed by atoms with van der Waals surface area (Å²) >= 11 is 0. The van der Waals surface area contributed by atoms with Gasteiger partial charge in [-0.1, -0.05) is 0 Å². The first-order valence-electron chi connectivity index (χ1n) is 7.72. The van der Waals surface area contributed by atoms with Gasteiger partial charge in [0.05, 0.1) is 12.2 Å². The van der Waals surface area contributed by atoms with E-state index < -0.39 is 11.6 Å². The van der Waals surface area contributed by atoms with Gasteiger partial charge in [-0.3, -0.25) is 9.67 Å². The third-order valence-corrected chi connectivity index (χ3v) is 3.70. The van der Waals surface area contributed by atoms with Crippen LogP contribution in [0.15, 0.2) is 48.9 Å². The van der Waals surface area contributed by atoms with Gasteiger partial charge in [0, 0.05) is 43.3 Å². The zero-order valence-corrected chi connectivity index (χ0v) is 13.3. The Bertz CT molecular complexity index is 816. The number of nitrogens with zero attached hydrogens (tertiary/aromatic N) is 3. The van der Waals surface area contributed by atoms with Crippen molar-refractivity contribution in [1.82, 2.24) is 20.1 Å². The number of rotatable bonds is 6. The van der Waals surface area contributed by atoms with E-state index in [0.717, 1.165) is 11.6 Å². The maximum atomic E-state index is 14.3. The molecule has 0 bridgehead atoms. The van der Waals surface area contributed by atoms with E-state index in [1.807, 2.05) is 25.3 Å². The normalized spacial score (nSPS) is 11.0. The number of pyridine rings is 1. The summed E-state index contributed by atoms with van der Waals surface area (Å²) in [7, 11) is 0. The minimum Gasteiger partial charge on any atom is -0.311 e. The Morgan fingerprint density at radius 1 is 1.17 bits per heavy atom. The number of benzene rings is 1. The SMILES string of the molecule is Cc1ccnc(-c2c(F)cc(F)cc2CNCCn2cccn2)c1. The van der Waals surface area contributed by atoms with E-state index >= 15 is 0 Å². The molecule has 0 saturated heterocycles. The zero-order chi connectivity index (χ0) is 16.9. The number of aromatic nitrogens is 3. The van der Waals surface area contributed by atoms with E-state index in [-0.39, 0.29) is 0 Å². The van der Waals surface area contributed by atoms with Gasteiger partial charge in [-0.15, -0.1) is 0 Å². The Balaban J connectivity index is 1.78. The fourth-order valence-electron chi connectivity index (χ4n) is 2.58. The Kier molecular flexibility index (Phi) is 4.96. The van der Waals surface area contributed by atoms with Crippen LogP contribution < -0.4 is 5.32 Å². The molecule has 0 radical (unpaired) electrons. The maximum absolute atomic E-state index is 14.3. The first kappa shape index (κ1) is 16.3. The van der Waals surface area contributed by atoms with Crippen molar-refractivity contribution >= 4 is 0 Å². The van der Waals surface area contributed by atoms with E-state index in [9.17, 15) is 8.78 Å². The predicted octanol–water partition coefficient (Wildman–Crippen LogP) is 3.32. The molecule has 2 heterocycles. The molecule has 6 heteroatoms. The zero-order valence-electron chi connectivity index (χ0n) is 13.3. The summed E-state index contributed by atoms with van der Waals surface area (Å²) < 4.78 is 29.8. The van der Waals surface area contributed by atoms with Gasteiger partial charge >= 0.3 is 0 Å². The summed E-state index contributed by atoms with van der Waals surface area (Å²) in [6, 6.07) is 7.73. The average molecular weight is 328 g/mol. The average Bonchev–Trinajstić information content (AvgIpc) is 3.04. The van der Waals surface area contributed by atoms with Gasteiger partial charge < -0.3 is 5.32 Å². The highest BCUT2D eigenvalue weighted by Gasteiger charge is 2.14. The molecule has 2 aromatic heterocycles. The molecule has 0 aliphatic heterocycles. The Morgan fingerprint density at radius 3 is 2.79 bits per heavy atom. The van der Waals surface area contributed by atoms with E-state index in [2.05, 4.69) is 15.4 Å². The number of hydrogen-bond acceptors (Lipinski definition) is 3. The molecule has 1 aromatic carbocycles. The minimum absolute atomic E-state index is 0.340. The predicted molar refractivity (Wildman–Crippen MR) is 88.3 cm³/mol. The van der Waals surface area contributed by atoms with Crippen LogP contribution in [0.1, 0.15) is 11.1 Å². The second-order valence-corrected chi connectivity index (χ2v) is 5.59. The van der Waals surface area contributed by atoms with E-state index in [1.165, 1.54) is 6.07 Å². The smallest absolute Gasteiger partial charge is 0.135 e. The third kappa shape index (κ3) is 3.83. The van der Waals surface area contributed by atoms with Crippen LogP contribution >= 0.6 is 0 Å². The van der Waals surface area contributed by atoms with Crippen molar-refractivity contribution in [2.45, 2.75) is 20.0 Å². The van der Waals surface area contributed by atoms with E-state index in [0.29, 0.717) is 36.5 Å². The van der Waals surface area contributed by atoms with Crippen LogP contribution in [0.4, 0.5) is 8.78 Å². The highest BCUT2D eigenvalue weighted by Crippen LogP contribution is 2.27. The van der Waals surface area contributed by atoms with Crippen LogP contribution in [0.5, 0.6) is 0 Å². The molecule has 0 aliphatic carbocycles. The molecule has 4 nitrogen and oxygen atoms in total. The fourth-order valence-corrected chi connectivity index (χ4v) is 2.58. The molecule has 0 aliphatic rings. The second kappa shape index (κ2) is 7.31. The third-order valence-electron chi connectivity index (χ3n) is 3.70. The highest BCUT2D eigenvalue weighted by atomic mass is 19.1. The molecular weight excluding hydrogens is 310 g/mol. The first-order chi connectivity index (χ1) is 11.6. The molecule has 0 atom stereocenters. The molecule has 0 unspecified atom stereocenters. The number of aryl methyl sites for hydroxylation is 1. The van der Waals surface area contributed by atoms with Crippen LogP contribution in [-0.4, -0.2) is 21.3 Å². The van der Waals surface area contributed by atoms with E-state index in [1.54, 1.807) is 23.1 Å². The molecule has 3 aromatic rings. The van der Waals surface area contributed by atoms with Crippen molar-refractivity contribution in [1.29, 1.82) is 0 Å². The van der Waals surface area contributed by atoms with Crippen LogP contribution in [0.2, 0.25) is 0 Å². The quantitative estimate of drug-likeness (QED) is 0.706. The van der Waals surface area contributed by atoms with Crippen molar-refractivity contribution in [3.63, 3.8) is 0 Å². The summed E-state index contributed by atoms with van der Waals surface area (Å²) in [5.74, 6) is -1.19. The maximum Gasteiger partial charge on any atom is 0.135 e. The fraction of sp³-hybridized carbons (Fsp3) is 0.222. The molecule has 0 saturated carbocycles. The van der Waals surface area contributed by atoms with Crippen molar-refractivity contribution in [2.24, 2.45) is 0 Å². The van der Waals surface area contributed by atoms with Crippen molar-refractivity contribution in [3.8, 4) is 11.3 Å². The van der Waals surface area contributed by atoms with Gasteiger partial charge in [0.15, 0.2) is 0 Å². The molecular formula is C18H18F2N4. The van der Waals surface area contributed by atoms with Gasteiger partial charge in [-0.05, 0) is 42.3 Å². The van der Waals surface area contributed by atoms with Crippen LogP contribution in [0.3, 0.4) is 0 Å². The summed E-state index contributed by atoms with van der Waals surface area (Å²) in [5.41, 5.74) is 2.37.